The van der Waals surface area contributed by atoms with E-state index in [0.29, 0.717) is 0 Å². The van der Waals surface area contributed by atoms with Crippen molar-refractivity contribution in [1.82, 2.24) is 5.32 Å². The van der Waals surface area contributed by atoms with Crippen LogP contribution in [0, 0.1) is 5.92 Å². The lowest BCUT2D eigenvalue weighted by molar-refractivity contribution is -0.149. The molecule has 0 amide bonds. The van der Waals surface area contributed by atoms with Crippen LogP contribution in [0.1, 0.15) is 6.42 Å². The number of aliphatic carboxylic acids is 3. The third kappa shape index (κ3) is 1.82. The fourth-order valence-corrected chi connectivity index (χ4v) is 1.45. The van der Waals surface area contributed by atoms with Gasteiger partial charge in [-0.15, -0.1) is 0 Å². The van der Waals surface area contributed by atoms with Crippen molar-refractivity contribution in [2.24, 2.45) is 5.92 Å². The molecule has 3 unspecified atom stereocenters. The second-order valence-electron chi connectivity index (χ2n) is 3.05. The standard InChI is InChI=1S/C7H9NO6/c9-5(10)2-1-3(6(11)12)8-4(2)7(13)14/h2-4,8H,1H2,(H,9,10)(H,11,12)(H,13,14). The zero-order valence-electron chi connectivity index (χ0n) is 7.01. The first-order valence-corrected chi connectivity index (χ1v) is 3.88. The predicted molar refractivity (Wildman–Crippen MR) is 41.7 cm³/mol. The van der Waals surface area contributed by atoms with E-state index in [1.54, 1.807) is 0 Å². The van der Waals surface area contributed by atoms with Gasteiger partial charge in [-0.05, 0) is 6.42 Å². The van der Waals surface area contributed by atoms with E-state index in [0.717, 1.165) is 0 Å². The molecular weight excluding hydrogens is 194 g/mol. The number of carboxylic acid groups (broad SMARTS) is 3. The van der Waals surface area contributed by atoms with E-state index in [1.165, 1.54) is 0 Å². The number of hydrogen-bond acceptors (Lipinski definition) is 4. The summed E-state index contributed by atoms with van der Waals surface area (Å²) in [5.74, 6) is -5.07. The first-order chi connectivity index (χ1) is 6.43. The summed E-state index contributed by atoms with van der Waals surface area (Å²) < 4.78 is 0. The van der Waals surface area contributed by atoms with Gasteiger partial charge in [0.25, 0.3) is 0 Å². The Morgan fingerprint density at radius 2 is 1.57 bits per heavy atom. The molecule has 1 aliphatic heterocycles. The summed E-state index contributed by atoms with van der Waals surface area (Å²) in [4.78, 5) is 31.6. The Balaban J connectivity index is 2.80. The lowest BCUT2D eigenvalue weighted by atomic mass is 9.99. The van der Waals surface area contributed by atoms with Gasteiger partial charge in [0.1, 0.15) is 12.1 Å². The minimum absolute atomic E-state index is 0.207. The molecule has 7 nitrogen and oxygen atoms in total. The van der Waals surface area contributed by atoms with Crippen LogP contribution in [0.15, 0.2) is 0 Å². The SMILES string of the molecule is O=C(O)C1CC(C(=O)O)C(C(=O)O)N1. The summed E-state index contributed by atoms with van der Waals surface area (Å²) >= 11 is 0. The third-order valence-corrected chi connectivity index (χ3v) is 2.15. The Bertz CT molecular complexity index is 266. The molecule has 0 aromatic rings. The van der Waals surface area contributed by atoms with Crippen molar-refractivity contribution in [3.8, 4) is 0 Å². The van der Waals surface area contributed by atoms with E-state index < -0.39 is 35.9 Å². The molecule has 78 valence electrons. The molecule has 1 fully saturated rings. The Morgan fingerprint density at radius 1 is 1.00 bits per heavy atom. The maximum Gasteiger partial charge on any atom is 0.321 e. The molecule has 0 bridgehead atoms. The molecule has 3 atom stereocenters. The zero-order chi connectivity index (χ0) is 10.9. The van der Waals surface area contributed by atoms with Crippen molar-refractivity contribution in [1.29, 1.82) is 0 Å². The van der Waals surface area contributed by atoms with Crippen LogP contribution in [0.5, 0.6) is 0 Å². The molecule has 1 heterocycles. The van der Waals surface area contributed by atoms with E-state index >= 15 is 0 Å². The second-order valence-corrected chi connectivity index (χ2v) is 3.05. The summed E-state index contributed by atoms with van der Waals surface area (Å²) in [7, 11) is 0. The van der Waals surface area contributed by atoms with Crippen LogP contribution in [-0.4, -0.2) is 45.3 Å². The Kier molecular flexibility index (Phi) is 2.70. The van der Waals surface area contributed by atoms with E-state index in [4.69, 9.17) is 15.3 Å². The fraction of sp³-hybridized carbons (Fsp3) is 0.571. The van der Waals surface area contributed by atoms with E-state index in [2.05, 4.69) is 5.32 Å². The molecule has 14 heavy (non-hydrogen) atoms. The molecule has 7 heteroatoms. The van der Waals surface area contributed by atoms with Crippen molar-refractivity contribution >= 4 is 17.9 Å². The molecule has 1 aliphatic rings. The molecule has 0 aliphatic carbocycles. The smallest absolute Gasteiger partial charge is 0.321 e. The maximum atomic E-state index is 10.6. The Labute approximate surface area is 78.3 Å². The molecule has 0 aromatic heterocycles. The first-order valence-electron chi connectivity index (χ1n) is 3.88. The highest BCUT2D eigenvalue weighted by Gasteiger charge is 2.45. The van der Waals surface area contributed by atoms with Crippen molar-refractivity contribution < 1.29 is 29.7 Å². The van der Waals surface area contributed by atoms with Crippen LogP contribution >= 0.6 is 0 Å². The topological polar surface area (TPSA) is 124 Å². The van der Waals surface area contributed by atoms with Gasteiger partial charge < -0.3 is 15.3 Å². The molecule has 0 radical (unpaired) electrons. The normalized spacial score (nSPS) is 31.3. The first kappa shape index (κ1) is 10.5. The lowest BCUT2D eigenvalue weighted by Gasteiger charge is -2.09. The average Bonchev–Trinajstić information content (AvgIpc) is 2.47. The molecule has 1 saturated heterocycles. The minimum atomic E-state index is -1.35. The van der Waals surface area contributed by atoms with Crippen LogP contribution in [0.25, 0.3) is 0 Å². The van der Waals surface area contributed by atoms with Gasteiger partial charge in [-0.2, -0.15) is 0 Å². The second kappa shape index (κ2) is 3.62. The van der Waals surface area contributed by atoms with Gasteiger partial charge in [-0.1, -0.05) is 0 Å². The largest absolute Gasteiger partial charge is 0.481 e. The van der Waals surface area contributed by atoms with Gasteiger partial charge in [0.05, 0.1) is 5.92 Å². The van der Waals surface area contributed by atoms with E-state index in [-0.39, 0.29) is 6.42 Å². The van der Waals surface area contributed by atoms with Crippen LogP contribution in [-0.2, 0) is 14.4 Å². The molecule has 0 aromatic carbocycles. The highest BCUT2D eigenvalue weighted by Crippen LogP contribution is 2.21. The highest BCUT2D eigenvalue weighted by atomic mass is 16.4. The van der Waals surface area contributed by atoms with Crippen LogP contribution in [0.3, 0.4) is 0 Å². The van der Waals surface area contributed by atoms with Crippen molar-refractivity contribution in [3.63, 3.8) is 0 Å². The van der Waals surface area contributed by atoms with Gasteiger partial charge in [0.15, 0.2) is 0 Å². The fourth-order valence-electron chi connectivity index (χ4n) is 1.45. The van der Waals surface area contributed by atoms with E-state index in [9.17, 15) is 14.4 Å². The summed E-state index contributed by atoms with van der Waals surface area (Å²) in [5.41, 5.74) is 0. The van der Waals surface area contributed by atoms with Gasteiger partial charge in [-0.25, -0.2) is 0 Å². The van der Waals surface area contributed by atoms with Crippen LogP contribution in [0.2, 0.25) is 0 Å². The monoisotopic (exact) mass is 203 g/mol. The maximum absolute atomic E-state index is 10.6. The quantitative estimate of drug-likeness (QED) is 0.444. The molecule has 0 spiro atoms. The molecule has 0 saturated carbocycles. The van der Waals surface area contributed by atoms with Crippen LogP contribution < -0.4 is 5.32 Å². The number of carbonyl (C=O) groups is 3. The van der Waals surface area contributed by atoms with Gasteiger partial charge in [-0.3, -0.25) is 19.7 Å². The van der Waals surface area contributed by atoms with Gasteiger partial charge in [0, 0.05) is 0 Å². The minimum Gasteiger partial charge on any atom is -0.481 e. The van der Waals surface area contributed by atoms with Crippen molar-refractivity contribution in [2.45, 2.75) is 18.5 Å². The highest BCUT2D eigenvalue weighted by molar-refractivity contribution is 5.86. The van der Waals surface area contributed by atoms with Gasteiger partial charge in [0.2, 0.25) is 0 Å². The van der Waals surface area contributed by atoms with Gasteiger partial charge >= 0.3 is 17.9 Å². The number of carboxylic acids is 3. The third-order valence-electron chi connectivity index (χ3n) is 2.15. The molecular formula is C7H9NO6. The lowest BCUT2D eigenvalue weighted by Crippen LogP contribution is -2.42. The Hall–Kier alpha value is -1.63. The summed E-state index contributed by atoms with van der Waals surface area (Å²) in [6.45, 7) is 0. The number of hydrogen-bond donors (Lipinski definition) is 4. The van der Waals surface area contributed by atoms with Crippen LogP contribution in [0.4, 0.5) is 0 Å². The predicted octanol–water partition coefficient (Wildman–Crippen LogP) is -1.41. The zero-order valence-corrected chi connectivity index (χ0v) is 7.01. The summed E-state index contributed by atoms with van der Waals surface area (Å²) in [5, 5.41) is 28.1. The van der Waals surface area contributed by atoms with Crippen molar-refractivity contribution in [2.75, 3.05) is 0 Å². The van der Waals surface area contributed by atoms with E-state index in [1.807, 2.05) is 0 Å². The average molecular weight is 203 g/mol. The molecule has 4 N–H and O–H groups in total. The summed E-state index contributed by atoms with van der Waals surface area (Å²) in [6.07, 6.45) is -0.207. The summed E-state index contributed by atoms with van der Waals surface area (Å²) in [6, 6.07) is -2.43. The molecule has 1 rings (SSSR count). The number of nitrogens with one attached hydrogen (secondary N) is 1. The Morgan fingerprint density at radius 3 is 1.86 bits per heavy atom. The number of rotatable bonds is 3. The van der Waals surface area contributed by atoms with Crippen molar-refractivity contribution in [3.05, 3.63) is 0 Å².